The van der Waals surface area contributed by atoms with E-state index in [9.17, 15) is 4.79 Å². The lowest BCUT2D eigenvalue weighted by Crippen LogP contribution is -2.45. The molecular weight excluding hydrogens is 262 g/mol. The first-order valence-electron chi connectivity index (χ1n) is 7.83. The molecule has 1 amide bonds. The van der Waals surface area contributed by atoms with Crippen molar-refractivity contribution >= 4 is 5.91 Å². The Morgan fingerprint density at radius 3 is 2.57 bits per heavy atom. The number of nitrogens with zero attached hydrogens (tertiary/aromatic N) is 2. The van der Waals surface area contributed by atoms with Crippen LogP contribution in [0.2, 0.25) is 0 Å². The van der Waals surface area contributed by atoms with Crippen LogP contribution in [0.15, 0.2) is 30.3 Å². The van der Waals surface area contributed by atoms with E-state index < -0.39 is 6.04 Å². The van der Waals surface area contributed by atoms with E-state index in [0.29, 0.717) is 12.1 Å². The van der Waals surface area contributed by atoms with Gasteiger partial charge in [-0.3, -0.25) is 9.69 Å². The van der Waals surface area contributed by atoms with Gasteiger partial charge in [-0.2, -0.15) is 0 Å². The van der Waals surface area contributed by atoms with Gasteiger partial charge in [-0.1, -0.05) is 30.3 Å². The number of benzene rings is 1. The molecule has 1 fully saturated rings. The van der Waals surface area contributed by atoms with Crippen LogP contribution in [0, 0.1) is 0 Å². The third-order valence-electron chi connectivity index (χ3n) is 4.20. The van der Waals surface area contributed by atoms with Gasteiger partial charge in [0.15, 0.2) is 0 Å². The van der Waals surface area contributed by atoms with Crippen LogP contribution in [-0.2, 0) is 11.3 Å². The zero-order chi connectivity index (χ0) is 15.4. The van der Waals surface area contributed by atoms with Crippen molar-refractivity contribution in [1.82, 2.24) is 9.80 Å². The van der Waals surface area contributed by atoms with Crippen LogP contribution in [0.3, 0.4) is 0 Å². The molecule has 2 atom stereocenters. The van der Waals surface area contributed by atoms with Gasteiger partial charge >= 0.3 is 0 Å². The molecule has 2 unspecified atom stereocenters. The van der Waals surface area contributed by atoms with Gasteiger partial charge in [0.2, 0.25) is 5.91 Å². The molecule has 1 aliphatic heterocycles. The van der Waals surface area contributed by atoms with Crippen molar-refractivity contribution in [3.8, 4) is 0 Å². The van der Waals surface area contributed by atoms with Crippen molar-refractivity contribution in [3.05, 3.63) is 35.9 Å². The standard InChI is InChI=1S/C17H27N3O/c1-13(2)20(11-15-7-5-4-6-8-15)16-9-10-19(12-16)17(21)14(3)18/h4-8,13-14,16H,9-12,18H2,1-3H3. The van der Waals surface area contributed by atoms with Crippen LogP contribution in [0.25, 0.3) is 0 Å². The number of rotatable bonds is 5. The van der Waals surface area contributed by atoms with E-state index in [-0.39, 0.29) is 5.91 Å². The second-order valence-corrected chi connectivity index (χ2v) is 6.27. The number of nitrogens with two attached hydrogens (primary N) is 1. The van der Waals surface area contributed by atoms with Gasteiger partial charge in [0, 0.05) is 31.7 Å². The summed E-state index contributed by atoms with van der Waals surface area (Å²) in [5, 5.41) is 0. The average Bonchev–Trinajstić information content (AvgIpc) is 2.94. The fourth-order valence-corrected chi connectivity index (χ4v) is 3.03. The number of hydrogen-bond donors (Lipinski definition) is 1. The van der Waals surface area contributed by atoms with Gasteiger partial charge in [-0.05, 0) is 32.8 Å². The molecule has 0 radical (unpaired) electrons. The maximum atomic E-state index is 12.0. The molecule has 4 heteroatoms. The predicted molar refractivity (Wildman–Crippen MR) is 85.8 cm³/mol. The second-order valence-electron chi connectivity index (χ2n) is 6.27. The molecule has 0 saturated carbocycles. The van der Waals surface area contributed by atoms with Crippen molar-refractivity contribution in [2.75, 3.05) is 13.1 Å². The highest BCUT2D eigenvalue weighted by molar-refractivity contribution is 5.81. The SMILES string of the molecule is CC(N)C(=O)N1CCC(N(Cc2ccccc2)C(C)C)C1. The summed E-state index contributed by atoms with van der Waals surface area (Å²) in [6, 6.07) is 11.0. The van der Waals surface area contributed by atoms with Crippen LogP contribution >= 0.6 is 0 Å². The van der Waals surface area contributed by atoms with Gasteiger partial charge in [0.1, 0.15) is 0 Å². The topological polar surface area (TPSA) is 49.6 Å². The van der Waals surface area contributed by atoms with E-state index in [1.165, 1.54) is 5.56 Å². The minimum Gasteiger partial charge on any atom is -0.340 e. The molecule has 2 rings (SSSR count). The van der Waals surface area contributed by atoms with Crippen LogP contribution in [0.1, 0.15) is 32.8 Å². The Labute approximate surface area is 127 Å². The fraction of sp³-hybridized carbons (Fsp3) is 0.588. The third kappa shape index (κ3) is 4.05. The van der Waals surface area contributed by atoms with E-state index in [1.807, 2.05) is 11.0 Å². The van der Waals surface area contributed by atoms with Gasteiger partial charge in [0.25, 0.3) is 0 Å². The van der Waals surface area contributed by atoms with E-state index >= 15 is 0 Å². The minimum absolute atomic E-state index is 0.0703. The van der Waals surface area contributed by atoms with E-state index in [0.717, 1.165) is 26.1 Å². The van der Waals surface area contributed by atoms with Crippen LogP contribution in [0.4, 0.5) is 0 Å². The summed E-state index contributed by atoms with van der Waals surface area (Å²) in [5.41, 5.74) is 7.04. The quantitative estimate of drug-likeness (QED) is 0.900. The van der Waals surface area contributed by atoms with E-state index in [1.54, 1.807) is 6.92 Å². The Morgan fingerprint density at radius 2 is 2.00 bits per heavy atom. The molecule has 0 aromatic heterocycles. The predicted octanol–water partition coefficient (Wildman–Crippen LogP) is 1.85. The number of carbonyl (C=O) groups excluding carboxylic acids is 1. The summed E-state index contributed by atoms with van der Waals surface area (Å²) in [5.74, 6) is 0.0703. The first-order valence-corrected chi connectivity index (χ1v) is 7.83. The van der Waals surface area contributed by atoms with Crippen LogP contribution in [-0.4, -0.2) is 46.9 Å². The van der Waals surface area contributed by atoms with Gasteiger partial charge in [0.05, 0.1) is 6.04 Å². The van der Waals surface area contributed by atoms with Crippen molar-refractivity contribution < 1.29 is 4.79 Å². The summed E-state index contributed by atoms with van der Waals surface area (Å²) in [4.78, 5) is 16.4. The summed E-state index contributed by atoms with van der Waals surface area (Å²) in [6.45, 7) is 8.76. The lowest BCUT2D eigenvalue weighted by Gasteiger charge is -2.32. The van der Waals surface area contributed by atoms with E-state index in [4.69, 9.17) is 5.73 Å². The number of amides is 1. The molecule has 1 heterocycles. The molecule has 4 nitrogen and oxygen atoms in total. The molecule has 1 saturated heterocycles. The average molecular weight is 289 g/mol. The monoisotopic (exact) mass is 289 g/mol. The highest BCUT2D eigenvalue weighted by Crippen LogP contribution is 2.21. The Bertz CT molecular complexity index is 458. The summed E-state index contributed by atoms with van der Waals surface area (Å²) in [6.07, 6.45) is 1.03. The van der Waals surface area contributed by atoms with Crippen molar-refractivity contribution in [2.24, 2.45) is 5.73 Å². The Morgan fingerprint density at radius 1 is 1.33 bits per heavy atom. The zero-order valence-electron chi connectivity index (χ0n) is 13.3. The van der Waals surface area contributed by atoms with Crippen molar-refractivity contribution in [2.45, 2.75) is 51.9 Å². The fourth-order valence-electron chi connectivity index (χ4n) is 3.03. The van der Waals surface area contributed by atoms with Gasteiger partial charge < -0.3 is 10.6 Å². The van der Waals surface area contributed by atoms with Crippen molar-refractivity contribution in [3.63, 3.8) is 0 Å². The van der Waals surface area contributed by atoms with Gasteiger partial charge in [-0.15, -0.1) is 0 Å². The summed E-state index contributed by atoms with van der Waals surface area (Å²) in [7, 11) is 0. The summed E-state index contributed by atoms with van der Waals surface area (Å²) < 4.78 is 0. The Balaban J connectivity index is 2.02. The van der Waals surface area contributed by atoms with Crippen LogP contribution in [0.5, 0.6) is 0 Å². The highest BCUT2D eigenvalue weighted by Gasteiger charge is 2.32. The molecule has 1 aliphatic rings. The summed E-state index contributed by atoms with van der Waals surface area (Å²) >= 11 is 0. The highest BCUT2D eigenvalue weighted by atomic mass is 16.2. The number of hydrogen-bond acceptors (Lipinski definition) is 3. The van der Waals surface area contributed by atoms with E-state index in [2.05, 4.69) is 43.0 Å². The molecular formula is C17H27N3O. The molecule has 116 valence electrons. The lowest BCUT2D eigenvalue weighted by molar-refractivity contribution is -0.131. The first-order chi connectivity index (χ1) is 9.99. The third-order valence-corrected chi connectivity index (χ3v) is 4.20. The zero-order valence-corrected chi connectivity index (χ0v) is 13.3. The smallest absolute Gasteiger partial charge is 0.239 e. The molecule has 0 bridgehead atoms. The molecule has 1 aromatic carbocycles. The van der Waals surface area contributed by atoms with Gasteiger partial charge in [-0.25, -0.2) is 0 Å². The molecule has 0 spiro atoms. The second kappa shape index (κ2) is 7.05. The maximum absolute atomic E-state index is 12.0. The lowest BCUT2D eigenvalue weighted by atomic mass is 10.1. The normalized spacial score (nSPS) is 20.3. The molecule has 2 N–H and O–H groups in total. The van der Waals surface area contributed by atoms with Crippen molar-refractivity contribution in [1.29, 1.82) is 0 Å². The molecule has 0 aliphatic carbocycles. The number of carbonyl (C=O) groups is 1. The minimum atomic E-state index is -0.398. The molecule has 21 heavy (non-hydrogen) atoms. The van der Waals surface area contributed by atoms with Crippen LogP contribution < -0.4 is 5.73 Å². The first kappa shape index (κ1) is 16.0. The Hall–Kier alpha value is -1.39. The molecule has 1 aromatic rings. The Kier molecular flexibility index (Phi) is 5.37. The number of likely N-dealkylation sites (tertiary alicyclic amines) is 1. The maximum Gasteiger partial charge on any atom is 0.239 e. The largest absolute Gasteiger partial charge is 0.340 e.